The Morgan fingerprint density at radius 1 is 1.33 bits per heavy atom. The third kappa shape index (κ3) is 5.41. The SMILES string of the molecule is COc1ccc(CN2CCC(C(O)[C@H]3COC(C)(C)N3C(=O)OC(C)(C)C)S2)cc1. The average molecular weight is 439 g/mol. The fourth-order valence-electron chi connectivity index (χ4n) is 3.85. The van der Waals surface area contributed by atoms with Gasteiger partial charge in [-0.05, 0) is 58.7 Å². The van der Waals surface area contributed by atoms with Gasteiger partial charge >= 0.3 is 6.09 Å². The highest BCUT2D eigenvalue weighted by atomic mass is 32.2. The highest BCUT2D eigenvalue weighted by Gasteiger charge is 2.50. The fourth-order valence-corrected chi connectivity index (χ4v) is 5.18. The zero-order chi connectivity index (χ0) is 22.1. The topological polar surface area (TPSA) is 71.5 Å². The quantitative estimate of drug-likeness (QED) is 0.704. The first-order valence-corrected chi connectivity index (χ1v) is 11.2. The number of hydrogen-bond donors (Lipinski definition) is 1. The number of aliphatic hydroxyl groups excluding tert-OH is 1. The molecule has 0 aromatic heterocycles. The van der Waals surface area contributed by atoms with E-state index in [1.54, 1.807) is 24.0 Å². The molecule has 7 nitrogen and oxygen atoms in total. The van der Waals surface area contributed by atoms with Gasteiger partial charge in [0.15, 0.2) is 0 Å². The highest BCUT2D eigenvalue weighted by molar-refractivity contribution is 7.97. The lowest BCUT2D eigenvalue weighted by Crippen LogP contribution is -2.55. The molecule has 1 aromatic rings. The number of carbonyl (C=O) groups is 1. The normalized spacial score (nSPS) is 25.4. The van der Waals surface area contributed by atoms with E-state index in [4.69, 9.17) is 14.2 Å². The first kappa shape index (κ1) is 23.2. The van der Waals surface area contributed by atoms with Gasteiger partial charge in [-0.2, -0.15) is 0 Å². The zero-order valence-electron chi connectivity index (χ0n) is 18.8. The highest BCUT2D eigenvalue weighted by Crippen LogP contribution is 2.38. The Hall–Kier alpha value is -1.48. The van der Waals surface area contributed by atoms with Crippen LogP contribution < -0.4 is 4.74 Å². The number of benzene rings is 1. The van der Waals surface area contributed by atoms with Crippen LogP contribution in [0.5, 0.6) is 5.75 Å². The number of methoxy groups -OCH3 is 1. The van der Waals surface area contributed by atoms with E-state index in [-0.39, 0.29) is 5.25 Å². The molecule has 1 N–H and O–H groups in total. The summed E-state index contributed by atoms with van der Waals surface area (Å²) in [4.78, 5) is 14.4. The van der Waals surface area contributed by atoms with Crippen molar-refractivity contribution >= 4 is 18.0 Å². The molecule has 2 aliphatic rings. The first-order chi connectivity index (χ1) is 14.0. The maximum Gasteiger partial charge on any atom is 0.412 e. The number of carbonyl (C=O) groups excluding carboxylic acids is 1. The smallest absolute Gasteiger partial charge is 0.412 e. The number of amides is 1. The van der Waals surface area contributed by atoms with Gasteiger partial charge in [-0.25, -0.2) is 9.10 Å². The standard InChI is InChI=1S/C22H34N2O5S/c1-21(2,3)29-20(26)24-17(14-28-22(24,4)5)19(25)18-11-12-23(30-18)13-15-7-9-16(27-6)10-8-15/h7-10,17-19,25H,11-14H2,1-6H3/t17-,18?,19?/m1/s1. The second kappa shape index (κ2) is 8.94. The summed E-state index contributed by atoms with van der Waals surface area (Å²) in [5, 5.41) is 11.2. The van der Waals surface area contributed by atoms with Gasteiger partial charge in [-0.1, -0.05) is 24.1 Å². The molecule has 168 valence electrons. The molecular formula is C22H34N2O5S. The first-order valence-electron chi connectivity index (χ1n) is 10.4. The molecular weight excluding hydrogens is 404 g/mol. The van der Waals surface area contributed by atoms with Crippen LogP contribution in [0.3, 0.4) is 0 Å². The van der Waals surface area contributed by atoms with Crippen molar-refractivity contribution in [3.63, 3.8) is 0 Å². The van der Waals surface area contributed by atoms with Crippen LogP contribution in [-0.4, -0.2) is 69.4 Å². The van der Waals surface area contributed by atoms with Crippen LogP contribution in [0.1, 0.15) is 46.6 Å². The minimum atomic E-state index is -0.819. The second-order valence-corrected chi connectivity index (χ2v) is 10.6. The number of hydrogen-bond acceptors (Lipinski definition) is 7. The van der Waals surface area contributed by atoms with Gasteiger partial charge < -0.3 is 19.3 Å². The number of ether oxygens (including phenoxy) is 3. The molecule has 2 aliphatic heterocycles. The number of nitrogens with zero attached hydrogens (tertiary/aromatic N) is 2. The Bertz CT molecular complexity index is 734. The molecule has 2 unspecified atom stereocenters. The van der Waals surface area contributed by atoms with Gasteiger partial charge in [0.25, 0.3) is 0 Å². The third-order valence-corrected chi connectivity index (χ3v) is 6.75. The molecule has 8 heteroatoms. The summed E-state index contributed by atoms with van der Waals surface area (Å²) >= 11 is 1.66. The summed E-state index contributed by atoms with van der Waals surface area (Å²) in [6.07, 6.45) is -0.307. The molecule has 2 fully saturated rings. The van der Waals surface area contributed by atoms with E-state index in [0.717, 1.165) is 25.3 Å². The molecule has 3 atom stereocenters. The van der Waals surface area contributed by atoms with Crippen LogP contribution in [0.15, 0.2) is 24.3 Å². The fraction of sp³-hybridized carbons (Fsp3) is 0.682. The van der Waals surface area contributed by atoms with E-state index in [0.29, 0.717) is 6.61 Å². The van der Waals surface area contributed by atoms with Crippen LogP contribution in [0.25, 0.3) is 0 Å². The predicted octanol–water partition coefficient (Wildman–Crippen LogP) is 3.65. The molecule has 0 bridgehead atoms. The zero-order valence-corrected chi connectivity index (χ0v) is 19.6. The van der Waals surface area contributed by atoms with Crippen molar-refractivity contribution in [2.45, 2.75) is 76.3 Å². The maximum atomic E-state index is 12.8. The molecule has 3 rings (SSSR count). The van der Waals surface area contributed by atoms with Crippen LogP contribution >= 0.6 is 11.9 Å². The van der Waals surface area contributed by atoms with Gasteiger partial charge in [-0.15, -0.1) is 0 Å². The Morgan fingerprint density at radius 3 is 2.60 bits per heavy atom. The van der Waals surface area contributed by atoms with Crippen LogP contribution in [0.2, 0.25) is 0 Å². The van der Waals surface area contributed by atoms with Crippen LogP contribution in [0, 0.1) is 0 Å². The Morgan fingerprint density at radius 2 is 2.00 bits per heavy atom. The van der Waals surface area contributed by atoms with Gasteiger partial charge in [0, 0.05) is 18.3 Å². The summed E-state index contributed by atoms with van der Waals surface area (Å²) in [5.41, 5.74) is -0.234. The van der Waals surface area contributed by atoms with Crippen LogP contribution in [0.4, 0.5) is 4.79 Å². The van der Waals surface area contributed by atoms with E-state index in [9.17, 15) is 9.90 Å². The van der Waals surface area contributed by atoms with Gasteiger partial charge in [0.05, 0.1) is 25.9 Å². The van der Waals surface area contributed by atoms with E-state index in [2.05, 4.69) is 16.4 Å². The summed E-state index contributed by atoms with van der Waals surface area (Å²) in [6.45, 7) is 11.1. The summed E-state index contributed by atoms with van der Waals surface area (Å²) in [5.74, 6) is 0.840. The Balaban J connectivity index is 1.63. The van der Waals surface area contributed by atoms with E-state index in [1.807, 2.05) is 46.8 Å². The van der Waals surface area contributed by atoms with Crippen LogP contribution in [-0.2, 0) is 16.0 Å². The summed E-state index contributed by atoms with van der Waals surface area (Å²) in [6, 6.07) is 7.59. The minimum Gasteiger partial charge on any atom is -0.497 e. The number of aliphatic hydroxyl groups is 1. The third-order valence-electron chi connectivity index (χ3n) is 5.35. The summed E-state index contributed by atoms with van der Waals surface area (Å²) < 4.78 is 18.9. The average Bonchev–Trinajstić information content (AvgIpc) is 3.24. The summed E-state index contributed by atoms with van der Waals surface area (Å²) in [7, 11) is 1.66. The Kier molecular flexibility index (Phi) is 6.91. The monoisotopic (exact) mass is 438 g/mol. The molecule has 1 aromatic carbocycles. The van der Waals surface area contributed by atoms with E-state index < -0.39 is 29.6 Å². The molecule has 2 saturated heterocycles. The van der Waals surface area contributed by atoms with Gasteiger partial charge in [0.2, 0.25) is 0 Å². The second-order valence-electron chi connectivity index (χ2n) is 9.31. The van der Waals surface area contributed by atoms with Crippen molar-refractivity contribution < 1.29 is 24.1 Å². The molecule has 0 radical (unpaired) electrons. The van der Waals surface area contributed by atoms with Gasteiger partial charge in [-0.3, -0.25) is 4.90 Å². The molecule has 0 saturated carbocycles. The van der Waals surface area contributed by atoms with Crippen molar-refractivity contribution in [3.05, 3.63) is 29.8 Å². The molecule has 1 amide bonds. The minimum absolute atomic E-state index is 0.00400. The van der Waals surface area contributed by atoms with Crippen molar-refractivity contribution in [3.8, 4) is 5.75 Å². The maximum absolute atomic E-state index is 12.8. The van der Waals surface area contributed by atoms with Crippen molar-refractivity contribution in [2.75, 3.05) is 20.3 Å². The molecule has 30 heavy (non-hydrogen) atoms. The van der Waals surface area contributed by atoms with Gasteiger partial charge in [0.1, 0.15) is 17.1 Å². The lowest BCUT2D eigenvalue weighted by atomic mass is 10.0. The molecule has 0 aliphatic carbocycles. The van der Waals surface area contributed by atoms with Crippen molar-refractivity contribution in [2.24, 2.45) is 0 Å². The molecule has 2 heterocycles. The van der Waals surface area contributed by atoms with E-state index in [1.165, 1.54) is 5.56 Å². The van der Waals surface area contributed by atoms with E-state index >= 15 is 0 Å². The lowest BCUT2D eigenvalue weighted by molar-refractivity contribution is -0.0677. The van der Waals surface area contributed by atoms with Crippen molar-refractivity contribution in [1.29, 1.82) is 0 Å². The number of rotatable bonds is 5. The lowest BCUT2D eigenvalue weighted by Gasteiger charge is -2.37. The van der Waals surface area contributed by atoms with Crippen molar-refractivity contribution in [1.82, 2.24) is 9.21 Å². The molecule has 0 spiro atoms. The Labute approximate surface area is 183 Å². The largest absolute Gasteiger partial charge is 0.497 e. The predicted molar refractivity (Wildman–Crippen MR) is 117 cm³/mol.